The van der Waals surface area contributed by atoms with E-state index in [0.717, 1.165) is 0 Å². The van der Waals surface area contributed by atoms with Crippen LogP contribution in [-0.2, 0) is 14.8 Å². The monoisotopic (exact) mass is 366 g/mol. The minimum Gasteiger partial charge on any atom is -0.493 e. The smallest absolute Gasteiger partial charge is 0.243 e. The van der Waals surface area contributed by atoms with Gasteiger partial charge in [0.2, 0.25) is 15.9 Å². The molecule has 25 heavy (non-hydrogen) atoms. The number of benzene rings is 1. The summed E-state index contributed by atoms with van der Waals surface area (Å²) < 4.78 is 32.5. The molecule has 0 spiro atoms. The van der Waals surface area contributed by atoms with E-state index in [-0.39, 0.29) is 4.90 Å². The normalized spacial score (nSPS) is 22.8. The van der Waals surface area contributed by atoms with Crippen LogP contribution in [-0.4, -0.2) is 37.8 Å². The highest BCUT2D eigenvalue weighted by Gasteiger charge is 2.38. The molecule has 138 valence electrons. The Bertz CT molecular complexity index is 696. The number of nitrogens with zero attached hydrogens (tertiary/aromatic N) is 1. The van der Waals surface area contributed by atoms with Crippen LogP contribution in [0.2, 0.25) is 0 Å². The van der Waals surface area contributed by atoms with Crippen LogP contribution >= 0.6 is 0 Å². The first-order valence-corrected chi connectivity index (χ1v) is 10.5. The molecule has 1 saturated heterocycles. The van der Waals surface area contributed by atoms with Gasteiger partial charge in [0.05, 0.1) is 11.5 Å². The van der Waals surface area contributed by atoms with E-state index in [0.29, 0.717) is 37.7 Å². The molecule has 1 saturated carbocycles. The zero-order valence-electron chi connectivity index (χ0n) is 14.4. The number of hydrogen-bond acceptors (Lipinski definition) is 4. The minimum atomic E-state index is -3.71. The van der Waals surface area contributed by atoms with Crippen molar-refractivity contribution in [1.82, 2.24) is 4.31 Å². The predicted molar refractivity (Wildman–Crippen MR) is 94.6 cm³/mol. The van der Waals surface area contributed by atoms with Crippen LogP contribution in [0, 0.1) is 5.92 Å². The zero-order chi connectivity index (χ0) is 17.9. The highest BCUT2D eigenvalue weighted by molar-refractivity contribution is 7.89. The molecule has 1 atom stereocenters. The first-order valence-electron chi connectivity index (χ1n) is 9.02. The van der Waals surface area contributed by atoms with Crippen LogP contribution in [0.15, 0.2) is 29.2 Å². The molecule has 7 heteroatoms. The lowest BCUT2D eigenvalue weighted by Crippen LogP contribution is -2.43. The fourth-order valence-corrected chi connectivity index (χ4v) is 5.39. The lowest BCUT2D eigenvalue weighted by Gasteiger charge is -2.22. The number of rotatable bonds is 6. The van der Waals surface area contributed by atoms with E-state index < -0.39 is 22.0 Å². The molecule has 0 aromatic heterocycles. The van der Waals surface area contributed by atoms with E-state index in [9.17, 15) is 13.2 Å². The highest BCUT2D eigenvalue weighted by atomic mass is 32.2. The molecule has 0 unspecified atom stereocenters. The Kier molecular flexibility index (Phi) is 5.64. The summed E-state index contributed by atoms with van der Waals surface area (Å²) in [6.07, 6.45) is 7.38. The summed E-state index contributed by atoms with van der Waals surface area (Å²) in [5.41, 5.74) is 5.33. The molecular weight excluding hydrogens is 340 g/mol. The predicted octanol–water partition coefficient (Wildman–Crippen LogP) is 2.28. The highest BCUT2D eigenvalue weighted by Crippen LogP contribution is 2.28. The Morgan fingerprint density at radius 1 is 1.08 bits per heavy atom. The van der Waals surface area contributed by atoms with E-state index in [1.165, 1.54) is 36.4 Å². The van der Waals surface area contributed by atoms with Crippen LogP contribution in [0.4, 0.5) is 0 Å². The van der Waals surface area contributed by atoms with E-state index in [2.05, 4.69) is 0 Å². The van der Waals surface area contributed by atoms with Crippen molar-refractivity contribution >= 4 is 15.9 Å². The Balaban J connectivity index is 1.65. The molecule has 1 heterocycles. The molecule has 2 aliphatic rings. The summed E-state index contributed by atoms with van der Waals surface area (Å²) in [6.45, 7) is 1.01. The van der Waals surface area contributed by atoms with Gasteiger partial charge in [-0.3, -0.25) is 4.79 Å². The molecule has 1 aromatic rings. The second-order valence-corrected chi connectivity index (χ2v) is 8.85. The van der Waals surface area contributed by atoms with Gasteiger partial charge in [0, 0.05) is 6.54 Å². The number of carbonyl (C=O) groups is 1. The second kappa shape index (κ2) is 7.74. The third-order valence-corrected chi connectivity index (χ3v) is 7.10. The summed E-state index contributed by atoms with van der Waals surface area (Å²) in [5.74, 6) is 0.684. The van der Waals surface area contributed by atoms with Crippen LogP contribution in [0.1, 0.15) is 44.9 Å². The third-order valence-electron chi connectivity index (χ3n) is 5.17. The maximum atomic E-state index is 12.7. The number of hydrogen-bond donors (Lipinski definition) is 1. The van der Waals surface area contributed by atoms with Gasteiger partial charge in [0.1, 0.15) is 11.8 Å². The lowest BCUT2D eigenvalue weighted by atomic mass is 9.90. The minimum absolute atomic E-state index is 0.172. The number of ether oxygens (including phenoxy) is 1. The van der Waals surface area contributed by atoms with Gasteiger partial charge >= 0.3 is 0 Å². The molecule has 6 nitrogen and oxygen atoms in total. The van der Waals surface area contributed by atoms with Crippen molar-refractivity contribution in [2.45, 2.75) is 55.9 Å². The fourth-order valence-electron chi connectivity index (χ4n) is 3.72. The van der Waals surface area contributed by atoms with E-state index in [1.807, 2.05) is 0 Å². The average Bonchev–Trinajstić information content (AvgIpc) is 3.12. The fraction of sp³-hybridized carbons (Fsp3) is 0.611. The summed E-state index contributed by atoms with van der Waals surface area (Å²) in [4.78, 5) is 11.6. The number of nitrogens with two attached hydrogens (primary N) is 1. The topological polar surface area (TPSA) is 89.7 Å². The van der Waals surface area contributed by atoms with Gasteiger partial charge in [-0.15, -0.1) is 0 Å². The maximum Gasteiger partial charge on any atom is 0.243 e. The number of primary amides is 1. The number of amides is 1. The molecule has 3 rings (SSSR count). The van der Waals surface area contributed by atoms with Crippen molar-refractivity contribution in [2.75, 3.05) is 13.2 Å². The van der Waals surface area contributed by atoms with Crippen LogP contribution < -0.4 is 10.5 Å². The van der Waals surface area contributed by atoms with Crippen LogP contribution in [0.25, 0.3) is 0 Å². The van der Waals surface area contributed by atoms with Crippen LogP contribution in [0.5, 0.6) is 5.75 Å². The third kappa shape index (κ3) is 4.15. The van der Waals surface area contributed by atoms with Gasteiger partial charge in [0.15, 0.2) is 0 Å². The molecule has 0 radical (unpaired) electrons. The SMILES string of the molecule is NC(=O)[C@@H]1CCCN1S(=O)(=O)c1ccc(OCC2CCCCC2)cc1. The Morgan fingerprint density at radius 3 is 2.40 bits per heavy atom. The average molecular weight is 366 g/mol. The number of carbonyl (C=O) groups excluding carboxylic acids is 1. The van der Waals surface area contributed by atoms with Crippen molar-refractivity contribution in [3.63, 3.8) is 0 Å². The van der Waals surface area contributed by atoms with E-state index in [1.54, 1.807) is 24.3 Å². The quantitative estimate of drug-likeness (QED) is 0.836. The Morgan fingerprint density at radius 2 is 1.76 bits per heavy atom. The largest absolute Gasteiger partial charge is 0.493 e. The summed E-state index contributed by atoms with van der Waals surface area (Å²) in [6, 6.07) is 5.71. The maximum absolute atomic E-state index is 12.7. The number of sulfonamides is 1. The first kappa shape index (κ1) is 18.2. The summed E-state index contributed by atoms with van der Waals surface area (Å²) in [7, 11) is -3.71. The van der Waals surface area contributed by atoms with E-state index >= 15 is 0 Å². The van der Waals surface area contributed by atoms with Crippen molar-refractivity contribution in [3.05, 3.63) is 24.3 Å². The summed E-state index contributed by atoms with van der Waals surface area (Å²) >= 11 is 0. The molecule has 1 amide bonds. The van der Waals surface area contributed by atoms with Gasteiger partial charge in [-0.05, 0) is 55.9 Å². The molecule has 1 aliphatic heterocycles. The van der Waals surface area contributed by atoms with Crippen molar-refractivity contribution in [2.24, 2.45) is 11.7 Å². The van der Waals surface area contributed by atoms with Gasteiger partial charge < -0.3 is 10.5 Å². The van der Waals surface area contributed by atoms with Crippen LogP contribution in [0.3, 0.4) is 0 Å². The van der Waals surface area contributed by atoms with Gasteiger partial charge in [0.25, 0.3) is 0 Å². The lowest BCUT2D eigenvalue weighted by molar-refractivity contribution is -0.121. The molecular formula is C18H26N2O4S. The zero-order valence-corrected chi connectivity index (χ0v) is 15.2. The van der Waals surface area contributed by atoms with Gasteiger partial charge in [-0.1, -0.05) is 19.3 Å². The van der Waals surface area contributed by atoms with Crippen molar-refractivity contribution < 1.29 is 17.9 Å². The van der Waals surface area contributed by atoms with E-state index in [4.69, 9.17) is 10.5 Å². The summed E-state index contributed by atoms with van der Waals surface area (Å²) in [5, 5.41) is 0. The molecule has 0 bridgehead atoms. The molecule has 1 aliphatic carbocycles. The molecule has 2 fully saturated rings. The van der Waals surface area contributed by atoms with Gasteiger partial charge in [-0.2, -0.15) is 4.31 Å². The Hall–Kier alpha value is -1.60. The Labute approximate surface area is 149 Å². The molecule has 1 aromatic carbocycles. The van der Waals surface area contributed by atoms with Crippen molar-refractivity contribution in [3.8, 4) is 5.75 Å². The standard InChI is InChI=1S/C18H26N2O4S/c19-18(21)17-7-4-12-20(17)25(22,23)16-10-8-15(9-11-16)24-13-14-5-2-1-3-6-14/h8-11,14,17H,1-7,12-13H2,(H2,19,21)/t17-/m0/s1. The van der Waals surface area contributed by atoms with Crippen molar-refractivity contribution in [1.29, 1.82) is 0 Å². The first-order chi connectivity index (χ1) is 12.0. The molecule has 2 N–H and O–H groups in total. The van der Waals surface area contributed by atoms with Gasteiger partial charge in [-0.25, -0.2) is 8.42 Å². The second-order valence-electron chi connectivity index (χ2n) is 6.96.